The minimum absolute atomic E-state index is 0.590. The molecular weight excluding hydrogens is 388 g/mol. The van der Waals surface area contributed by atoms with Crippen molar-refractivity contribution in [2.75, 3.05) is 13.1 Å². The summed E-state index contributed by atoms with van der Waals surface area (Å²) in [5.41, 5.74) is 0. The van der Waals surface area contributed by atoms with Crippen LogP contribution in [0.4, 0.5) is 0 Å². The highest BCUT2D eigenvalue weighted by atomic mass is 15.4. The maximum Gasteiger partial charge on any atom is 0.103 e. The minimum Gasteiger partial charge on any atom is -0.356 e. The van der Waals surface area contributed by atoms with Crippen molar-refractivity contribution in [3.63, 3.8) is 0 Å². The smallest absolute Gasteiger partial charge is 0.103 e. The molecule has 1 rings (SSSR count). The van der Waals surface area contributed by atoms with E-state index in [1.165, 1.54) is 142 Å². The van der Waals surface area contributed by atoms with Crippen LogP contribution < -0.4 is 0 Å². The molecule has 0 spiro atoms. The van der Waals surface area contributed by atoms with Crippen LogP contribution in [-0.2, 0) is 0 Å². The monoisotopic (exact) mass is 448 g/mol. The highest BCUT2D eigenvalue weighted by molar-refractivity contribution is 4.98. The van der Waals surface area contributed by atoms with Crippen molar-refractivity contribution in [1.82, 2.24) is 9.80 Å². The van der Waals surface area contributed by atoms with Gasteiger partial charge in [0.05, 0.1) is 0 Å². The molecule has 1 aliphatic heterocycles. The van der Waals surface area contributed by atoms with Gasteiger partial charge in [-0.15, -0.1) is 0 Å². The predicted molar refractivity (Wildman–Crippen MR) is 145 cm³/mol. The van der Waals surface area contributed by atoms with Crippen LogP contribution in [0.25, 0.3) is 0 Å². The molecule has 0 aliphatic carbocycles. The highest BCUT2D eigenvalue weighted by Crippen LogP contribution is 2.24. The SMILES string of the molecule is CCCCCCCCCCCCCCN1C=CN(CCCCCCCCCC)C1C(C)C. The summed E-state index contributed by atoms with van der Waals surface area (Å²) in [6.45, 7) is 11.9. The van der Waals surface area contributed by atoms with E-state index >= 15 is 0 Å². The molecule has 190 valence electrons. The Morgan fingerprint density at radius 2 is 0.750 bits per heavy atom. The van der Waals surface area contributed by atoms with Gasteiger partial charge in [-0.1, -0.05) is 143 Å². The standard InChI is InChI=1S/C30H60N2/c1-5-7-9-11-13-15-16-17-18-20-22-24-26-32-28-27-31(30(32)29(3)4)25-23-21-19-14-12-10-8-6-2/h27-30H,5-26H2,1-4H3. The van der Waals surface area contributed by atoms with Crippen LogP contribution in [0.15, 0.2) is 12.4 Å². The number of hydrogen-bond acceptors (Lipinski definition) is 2. The van der Waals surface area contributed by atoms with Crippen molar-refractivity contribution in [3.05, 3.63) is 12.4 Å². The quantitative estimate of drug-likeness (QED) is 0.143. The maximum atomic E-state index is 2.63. The fraction of sp³-hybridized carbons (Fsp3) is 0.933. The van der Waals surface area contributed by atoms with E-state index in [9.17, 15) is 0 Å². The van der Waals surface area contributed by atoms with Crippen LogP contribution in [0, 0.1) is 5.92 Å². The van der Waals surface area contributed by atoms with E-state index in [1.807, 2.05) is 0 Å². The lowest BCUT2D eigenvalue weighted by atomic mass is 10.0. The molecule has 0 aromatic rings. The van der Waals surface area contributed by atoms with Crippen molar-refractivity contribution in [1.29, 1.82) is 0 Å². The Kier molecular flexibility index (Phi) is 19.2. The number of nitrogens with zero attached hydrogens (tertiary/aromatic N) is 2. The molecule has 1 heterocycles. The van der Waals surface area contributed by atoms with Gasteiger partial charge in [0.1, 0.15) is 6.17 Å². The second kappa shape index (κ2) is 20.9. The second-order valence-corrected chi connectivity index (χ2v) is 10.8. The van der Waals surface area contributed by atoms with Crippen LogP contribution in [0.5, 0.6) is 0 Å². The average molecular weight is 449 g/mol. The minimum atomic E-state index is 0.590. The zero-order chi connectivity index (χ0) is 23.3. The first-order valence-corrected chi connectivity index (χ1v) is 14.9. The largest absolute Gasteiger partial charge is 0.356 e. The molecule has 2 heteroatoms. The molecule has 0 N–H and O–H groups in total. The lowest BCUT2D eigenvalue weighted by Crippen LogP contribution is -2.43. The van der Waals surface area contributed by atoms with Crippen molar-refractivity contribution in [2.45, 2.75) is 162 Å². The Bertz CT molecular complexity index is 417. The fourth-order valence-corrected chi connectivity index (χ4v) is 5.28. The molecule has 0 fully saturated rings. The van der Waals surface area contributed by atoms with Crippen molar-refractivity contribution >= 4 is 0 Å². The van der Waals surface area contributed by atoms with E-state index in [2.05, 4.69) is 49.9 Å². The van der Waals surface area contributed by atoms with Crippen LogP contribution in [0.1, 0.15) is 156 Å². The third-order valence-corrected chi connectivity index (χ3v) is 7.27. The van der Waals surface area contributed by atoms with E-state index in [0.29, 0.717) is 12.1 Å². The molecule has 0 aromatic heterocycles. The first-order valence-electron chi connectivity index (χ1n) is 14.9. The van der Waals surface area contributed by atoms with Crippen LogP contribution in [0.3, 0.4) is 0 Å². The van der Waals surface area contributed by atoms with Gasteiger partial charge >= 0.3 is 0 Å². The van der Waals surface area contributed by atoms with Crippen molar-refractivity contribution in [3.8, 4) is 0 Å². The topological polar surface area (TPSA) is 6.48 Å². The van der Waals surface area contributed by atoms with Crippen LogP contribution in [-0.4, -0.2) is 29.1 Å². The molecule has 0 bridgehead atoms. The molecule has 0 radical (unpaired) electrons. The maximum absolute atomic E-state index is 2.63. The Balaban J connectivity index is 2.04. The van der Waals surface area contributed by atoms with Gasteiger partial charge in [-0.25, -0.2) is 0 Å². The summed E-state index contributed by atoms with van der Waals surface area (Å²) in [7, 11) is 0. The molecule has 0 aromatic carbocycles. The van der Waals surface area contributed by atoms with Gasteiger partial charge in [0.25, 0.3) is 0 Å². The summed E-state index contributed by atoms with van der Waals surface area (Å²) in [6, 6.07) is 0. The molecule has 1 atom stereocenters. The Morgan fingerprint density at radius 1 is 0.469 bits per heavy atom. The Hall–Kier alpha value is -0.660. The molecule has 32 heavy (non-hydrogen) atoms. The van der Waals surface area contributed by atoms with Gasteiger partial charge in [0, 0.05) is 25.5 Å². The predicted octanol–water partition coefficient (Wildman–Crippen LogP) is 9.90. The number of rotatable bonds is 23. The summed E-state index contributed by atoms with van der Waals surface area (Å²) in [5, 5.41) is 0. The lowest BCUT2D eigenvalue weighted by molar-refractivity contribution is 0.104. The summed E-state index contributed by atoms with van der Waals surface area (Å²) in [4.78, 5) is 5.26. The Morgan fingerprint density at radius 3 is 1.03 bits per heavy atom. The zero-order valence-corrected chi connectivity index (χ0v) is 22.8. The first kappa shape index (κ1) is 29.4. The van der Waals surface area contributed by atoms with Crippen molar-refractivity contribution in [2.24, 2.45) is 5.92 Å². The zero-order valence-electron chi connectivity index (χ0n) is 22.8. The average Bonchev–Trinajstić information content (AvgIpc) is 3.19. The fourth-order valence-electron chi connectivity index (χ4n) is 5.28. The third kappa shape index (κ3) is 14.5. The number of hydrogen-bond donors (Lipinski definition) is 0. The van der Waals surface area contributed by atoms with Gasteiger partial charge < -0.3 is 9.80 Å². The summed E-state index contributed by atoms with van der Waals surface area (Å²) in [6.07, 6.45) is 33.8. The van der Waals surface area contributed by atoms with Gasteiger partial charge in [0.15, 0.2) is 0 Å². The van der Waals surface area contributed by atoms with E-state index in [1.54, 1.807) is 0 Å². The summed E-state index contributed by atoms with van der Waals surface area (Å²) in [5.74, 6) is 0.691. The Labute approximate surface area is 203 Å². The van der Waals surface area contributed by atoms with Gasteiger partial charge in [-0.2, -0.15) is 0 Å². The second-order valence-electron chi connectivity index (χ2n) is 10.8. The van der Waals surface area contributed by atoms with Gasteiger partial charge in [-0.05, 0) is 18.8 Å². The molecule has 1 unspecified atom stereocenters. The summed E-state index contributed by atoms with van der Waals surface area (Å²) >= 11 is 0. The third-order valence-electron chi connectivity index (χ3n) is 7.27. The molecular formula is C30H60N2. The first-order chi connectivity index (χ1) is 15.7. The van der Waals surface area contributed by atoms with E-state index < -0.39 is 0 Å². The normalized spacial score (nSPS) is 16.1. The van der Waals surface area contributed by atoms with Crippen LogP contribution in [0.2, 0.25) is 0 Å². The van der Waals surface area contributed by atoms with E-state index in [0.717, 1.165) is 0 Å². The lowest BCUT2D eigenvalue weighted by Gasteiger charge is -2.36. The molecule has 2 nitrogen and oxygen atoms in total. The van der Waals surface area contributed by atoms with E-state index in [-0.39, 0.29) is 0 Å². The van der Waals surface area contributed by atoms with Crippen LogP contribution >= 0.6 is 0 Å². The van der Waals surface area contributed by atoms with Crippen molar-refractivity contribution < 1.29 is 0 Å². The molecule has 1 aliphatic rings. The molecule has 0 saturated carbocycles. The van der Waals surface area contributed by atoms with E-state index in [4.69, 9.17) is 0 Å². The van der Waals surface area contributed by atoms with Gasteiger partial charge in [-0.3, -0.25) is 0 Å². The highest BCUT2D eigenvalue weighted by Gasteiger charge is 2.28. The van der Waals surface area contributed by atoms with Gasteiger partial charge in [0.2, 0.25) is 0 Å². The molecule has 0 saturated heterocycles. The number of unbranched alkanes of at least 4 members (excludes halogenated alkanes) is 18. The molecule has 0 amide bonds. The summed E-state index contributed by atoms with van der Waals surface area (Å²) < 4.78 is 0.